The van der Waals surface area contributed by atoms with Gasteiger partial charge in [-0.25, -0.2) is 0 Å². The van der Waals surface area contributed by atoms with Crippen LogP contribution in [0.4, 0.5) is 0 Å². The van der Waals surface area contributed by atoms with Gasteiger partial charge in [-0.15, -0.1) is 0 Å². The number of hydrogen-bond donors (Lipinski definition) is 0. The van der Waals surface area contributed by atoms with E-state index in [0.29, 0.717) is 36.9 Å². The third-order valence-electron chi connectivity index (χ3n) is 2.22. The SMILES string of the molecule is COc1c(CC#N)ccc2c1OCCO2. The number of ether oxygens (including phenoxy) is 3. The molecule has 0 N–H and O–H groups in total. The molecule has 0 saturated heterocycles. The Balaban J connectivity index is 2.47. The number of rotatable bonds is 2. The van der Waals surface area contributed by atoms with Crippen LogP contribution >= 0.6 is 0 Å². The van der Waals surface area contributed by atoms with E-state index >= 15 is 0 Å². The lowest BCUT2D eigenvalue weighted by molar-refractivity contribution is 0.165. The summed E-state index contributed by atoms with van der Waals surface area (Å²) in [5.74, 6) is 1.89. The van der Waals surface area contributed by atoms with Crippen molar-refractivity contribution in [2.24, 2.45) is 0 Å². The maximum Gasteiger partial charge on any atom is 0.204 e. The lowest BCUT2D eigenvalue weighted by Crippen LogP contribution is -2.16. The Bertz CT molecular complexity index is 409. The Morgan fingerprint density at radius 3 is 2.93 bits per heavy atom. The molecule has 2 rings (SSSR count). The van der Waals surface area contributed by atoms with E-state index in [1.54, 1.807) is 7.11 Å². The summed E-state index contributed by atoms with van der Waals surface area (Å²) in [6.07, 6.45) is 0.305. The Kier molecular flexibility index (Phi) is 2.64. The number of fused-ring (bicyclic) bond motifs is 1. The van der Waals surface area contributed by atoms with Crippen LogP contribution < -0.4 is 14.2 Å². The Morgan fingerprint density at radius 2 is 2.20 bits per heavy atom. The third kappa shape index (κ3) is 1.68. The first kappa shape index (κ1) is 9.66. The van der Waals surface area contributed by atoms with Crippen LogP contribution in [0.1, 0.15) is 5.56 Å². The second-order valence-electron chi connectivity index (χ2n) is 3.12. The zero-order valence-corrected chi connectivity index (χ0v) is 8.45. The Morgan fingerprint density at radius 1 is 1.40 bits per heavy atom. The van der Waals surface area contributed by atoms with Gasteiger partial charge in [-0.05, 0) is 6.07 Å². The average molecular weight is 205 g/mol. The second-order valence-corrected chi connectivity index (χ2v) is 3.12. The lowest BCUT2D eigenvalue weighted by atomic mass is 10.1. The zero-order valence-electron chi connectivity index (χ0n) is 8.45. The molecule has 0 spiro atoms. The van der Waals surface area contributed by atoms with E-state index in [1.165, 1.54) is 0 Å². The summed E-state index contributed by atoms with van der Waals surface area (Å²) in [6, 6.07) is 5.73. The van der Waals surface area contributed by atoms with Gasteiger partial charge in [0.25, 0.3) is 0 Å². The van der Waals surface area contributed by atoms with Gasteiger partial charge in [-0.3, -0.25) is 0 Å². The lowest BCUT2D eigenvalue weighted by Gasteiger charge is -2.21. The highest BCUT2D eigenvalue weighted by molar-refractivity contribution is 5.56. The summed E-state index contributed by atoms with van der Waals surface area (Å²) in [6.45, 7) is 1.06. The zero-order chi connectivity index (χ0) is 10.7. The molecule has 4 heteroatoms. The van der Waals surface area contributed by atoms with Gasteiger partial charge < -0.3 is 14.2 Å². The second kappa shape index (κ2) is 4.09. The summed E-state index contributed by atoms with van der Waals surface area (Å²) >= 11 is 0. The summed E-state index contributed by atoms with van der Waals surface area (Å²) in [4.78, 5) is 0. The Hall–Kier alpha value is -1.89. The van der Waals surface area contributed by atoms with Crippen molar-refractivity contribution in [1.82, 2.24) is 0 Å². The summed E-state index contributed by atoms with van der Waals surface area (Å²) in [5.41, 5.74) is 0.823. The van der Waals surface area contributed by atoms with Gasteiger partial charge in [-0.1, -0.05) is 6.07 Å². The van der Waals surface area contributed by atoms with Crippen LogP contribution in [0.3, 0.4) is 0 Å². The smallest absolute Gasteiger partial charge is 0.204 e. The van der Waals surface area contributed by atoms with E-state index in [-0.39, 0.29) is 0 Å². The van der Waals surface area contributed by atoms with Gasteiger partial charge in [0, 0.05) is 5.56 Å². The van der Waals surface area contributed by atoms with Crippen molar-refractivity contribution < 1.29 is 14.2 Å². The van der Waals surface area contributed by atoms with Crippen LogP contribution in [0.5, 0.6) is 17.2 Å². The number of hydrogen-bond acceptors (Lipinski definition) is 4. The van der Waals surface area contributed by atoms with Crippen molar-refractivity contribution in [3.05, 3.63) is 17.7 Å². The van der Waals surface area contributed by atoms with Crippen molar-refractivity contribution in [3.63, 3.8) is 0 Å². The van der Waals surface area contributed by atoms with Crippen molar-refractivity contribution in [1.29, 1.82) is 5.26 Å². The molecule has 0 saturated carbocycles. The highest BCUT2D eigenvalue weighted by Gasteiger charge is 2.19. The first-order valence-corrected chi connectivity index (χ1v) is 4.69. The highest BCUT2D eigenvalue weighted by atomic mass is 16.6. The third-order valence-corrected chi connectivity index (χ3v) is 2.22. The van der Waals surface area contributed by atoms with Crippen LogP contribution in [-0.4, -0.2) is 20.3 Å². The molecule has 78 valence electrons. The minimum absolute atomic E-state index is 0.305. The molecule has 4 nitrogen and oxygen atoms in total. The van der Waals surface area contributed by atoms with E-state index in [2.05, 4.69) is 6.07 Å². The minimum Gasteiger partial charge on any atom is -0.492 e. The quantitative estimate of drug-likeness (QED) is 0.734. The van der Waals surface area contributed by atoms with Gasteiger partial charge in [0.1, 0.15) is 13.2 Å². The largest absolute Gasteiger partial charge is 0.492 e. The number of nitrogens with zero attached hydrogens (tertiary/aromatic N) is 1. The monoisotopic (exact) mass is 205 g/mol. The van der Waals surface area contributed by atoms with Crippen LogP contribution in [0.15, 0.2) is 12.1 Å². The van der Waals surface area contributed by atoms with Crippen LogP contribution in [0.2, 0.25) is 0 Å². The van der Waals surface area contributed by atoms with Gasteiger partial charge in [0.05, 0.1) is 19.6 Å². The van der Waals surface area contributed by atoms with Gasteiger partial charge >= 0.3 is 0 Å². The van der Waals surface area contributed by atoms with E-state index in [0.717, 1.165) is 5.56 Å². The fourth-order valence-corrected chi connectivity index (χ4v) is 1.58. The standard InChI is InChI=1S/C11H11NO3/c1-13-10-8(4-5-12)2-3-9-11(10)15-7-6-14-9/h2-3H,4,6-7H2,1H3. The molecule has 0 aliphatic carbocycles. The minimum atomic E-state index is 0.305. The van der Waals surface area contributed by atoms with E-state index < -0.39 is 0 Å². The van der Waals surface area contributed by atoms with Crippen molar-refractivity contribution >= 4 is 0 Å². The predicted molar refractivity (Wildman–Crippen MR) is 53.3 cm³/mol. The summed E-state index contributed by atoms with van der Waals surface area (Å²) in [7, 11) is 1.56. The molecular weight excluding hydrogens is 194 g/mol. The molecular formula is C11H11NO3. The molecule has 0 amide bonds. The molecule has 1 aliphatic rings. The molecule has 0 atom stereocenters. The summed E-state index contributed by atoms with van der Waals surface area (Å²) < 4.78 is 16.1. The molecule has 0 radical (unpaired) electrons. The van der Waals surface area contributed by atoms with Gasteiger partial charge in [0.15, 0.2) is 11.5 Å². The van der Waals surface area contributed by atoms with Crippen molar-refractivity contribution in [3.8, 4) is 23.3 Å². The van der Waals surface area contributed by atoms with E-state index in [9.17, 15) is 0 Å². The molecule has 0 unspecified atom stereocenters. The normalized spacial score (nSPS) is 13.1. The van der Waals surface area contributed by atoms with Gasteiger partial charge in [0.2, 0.25) is 5.75 Å². The molecule has 15 heavy (non-hydrogen) atoms. The average Bonchev–Trinajstić information content (AvgIpc) is 2.29. The van der Waals surface area contributed by atoms with E-state index in [4.69, 9.17) is 19.5 Å². The van der Waals surface area contributed by atoms with Crippen LogP contribution in [-0.2, 0) is 6.42 Å². The molecule has 1 heterocycles. The molecule has 0 aromatic heterocycles. The maximum absolute atomic E-state index is 8.67. The maximum atomic E-state index is 8.67. The van der Waals surface area contributed by atoms with Crippen LogP contribution in [0.25, 0.3) is 0 Å². The number of benzene rings is 1. The molecule has 1 aliphatic heterocycles. The first-order chi connectivity index (χ1) is 7.36. The van der Waals surface area contributed by atoms with Gasteiger partial charge in [-0.2, -0.15) is 5.26 Å². The molecule has 0 fully saturated rings. The first-order valence-electron chi connectivity index (χ1n) is 4.69. The predicted octanol–water partition coefficient (Wildman–Crippen LogP) is 1.53. The molecule has 1 aromatic carbocycles. The Labute approximate surface area is 88.0 Å². The van der Waals surface area contributed by atoms with Crippen molar-refractivity contribution in [2.45, 2.75) is 6.42 Å². The molecule has 0 bridgehead atoms. The fraction of sp³-hybridized carbons (Fsp3) is 0.364. The molecule has 1 aromatic rings. The topological polar surface area (TPSA) is 51.5 Å². The number of methoxy groups -OCH3 is 1. The van der Waals surface area contributed by atoms with Crippen LogP contribution in [0, 0.1) is 11.3 Å². The summed E-state index contributed by atoms with van der Waals surface area (Å²) in [5, 5.41) is 8.67. The van der Waals surface area contributed by atoms with Crippen molar-refractivity contribution in [2.75, 3.05) is 20.3 Å². The fourth-order valence-electron chi connectivity index (χ4n) is 1.58. The number of nitriles is 1. The highest BCUT2D eigenvalue weighted by Crippen LogP contribution is 2.41. The van der Waals surface area contributed by atoms with E-state index in [1.807, 2.05) is 12.1 Å².